The summed E-state index contributed by atoms with van der Waals surface area (Å²) >= 11 is 0. The van der Waals surface area contributed by atoms with Crippen LogP contribution in [0.4, 0.5) is 10.2 Å². The largest absolute Gasteiger partial charge is 0.378 e. The number of nitrogens with one attached hydrogen (secondary N) is 1. The zero-order valence-corrected chi connectivity index (χ0v) is 13.9. The van der Waals surface area contributed by atoms with Gasteiger partial charge in [-0.15, -0.1) is 0 Å². The SMILES string of the molecule is O=C(CNc1c(-c2ncccc2F)nc2cnccn12)N1CCOCC1. The summed E-state index contributed by atoms with van der Waals surface area (Å²) in [5.41, 5.74) is 0.997. The summed E-state index contributed by atoms with van der Waals surface area (Å²) in [5, 5.41) is 3.09. The van der Waals surface area contributed by atoms with Crippen molar-refractivity contribution in [3.05, 3.63) is 42.7 Å². The molecular weight excluding hydrogens is 339 g/mol. The second-order valence-corrected chi connectivity index (χ2v) is 5.79. The molecule has 1 fully saturated rings. The van der Waals surface area contributed by atoms with Crippen LogP contribution < -0.4 is 5.32 Å². The van der Waals surface area contributed by atoms with E-state index in [1.807, 2.05) is 0 Å². The molecular formula is C17H17FN6O2. The van der Waals surface area contributed by atoms with E-state index < -0.39 is 5.82 Å². The molecule has 0 saturated carbocycles. The standard InChI is InChI=1S/C17H17FN6O2/c18-12-2-1-3-20-15(12)16-17(24-5-4-19-10-13(24)22-16)21-11-14(25)23-6-8-26-9-7-23/h1-5,10,21H,6-9,11H2. The molecule has 0 atom stereocenters. The fraction of sp³-hybridized carbons (Fsp3) is 0.294. The van der Waals surface area contributed by atoms with Crippen molar-refractivity contribution in [2.24, 2.45) is 0 Å². The maximum absolute atomic E-state index is 14.2. The lowest BCUT2D eigenvalue weighted by molar-refractivity contribution is -0.133. The molecule has 0 spiro atoms. The number of morpholine rings is 1. The number of aromatic nitrogens is 4. The maximum atomic E-state index is 14.2. The van der Waals surface area contributed by atoms with E-state index in [9.17, 15) is 9.18 Å². The summed E-state index contributed by atoms with van der Waals surface area (Å²) in [6, 6.07) is 2.85. The van der Waals surface area contributed by atoms with Gasteiger partial charge in [-0.3, -0.25) is 19.2 Å². The first kappa shape index (κ1) is 16.4. The number of carbonyl (C=O) groups is 1. The lowest BCUT2D eigenvalue weighted by Crippen LogP contribution is -2.43. The molecule has 8 nitrogen and oxygen atoms in total. The van der Waals surface area contributed by atoms with Crippen molar-refractivity contribution in [1.29, 1.82) is 0 Å². The molecule has 1 saturated heterocycles. The highest BCUT2D eigenvalue weighted by molar-refractivity contribution is 5.83. The number of nitrogens with zero attached hydrogens (tertiary/aromatic N) is 5. The van der Waals surface area contributed by atoms with E-state index >= 15 is 0 Å². The molecule has 26 heavy (non-hydrogen) atoms. The second-order valence-electron chi connectivity index (χ2n) is 5.79. The third-order valence-corrected chi connectivity index (χ3v) is 4.18. The molecule has 4 heterocycles. The normalized spacial score (nSPS) is 14.6. The van der Waals surface area contributed by atoms with Crippen molar-refractivity contribution in [2.75, 3.05) is 38.2 Å². The Morgan fingerprint density at radius 1 is 1.27 bits per heavy atom. The zero-order valence-electron chi connectivity index (χ0n) is 13.9. The number of pyridine rings is 1. The van der Waals surface area contributed by atoms with Gasteiger partial charge in [-0.25, -0.2) is 9.37 Å². The smallest absolute Gasteiger partial charge is 0.242 e. The van der Waals surface area contributed by atoms with Gasteiger partial charge < -0.3 is 15.0 Å². The van der Waals surface area contributed by atoms with Gasteiger partial charge in [0.1, 0.15) is 17.2 Å². The van der Waals surface area contributed by atoms with Crippen LogP contribution in [0.25, 0.3) is 17.0 Å². The number of ether oxygens (including phenoxy) is 1. The highest BCUT2D eigenvalue weighted by Crippen LogP contribution is 2.28. The van der Waals surface area contributed by atoms with Crippen LogP contribution in [0.3, 0.4) is 0 Å². The van der Waals surface area contributed by atoms with E-state index in [1.165, 1.54) is 18.3 Å². The number of imidazole rings is 1. The second kappa shape index (κ2) is 7.04. The van der Waals surface area contributed by atoms with Gasteiger partial charge in [0.25, 0.3) is 0 Å². The molecule has 0 aromatic carbocycles. The summed E-state index contributed by atoms with van der Waals surface area (Å²) in [6.07, 6.45) is 6.37. The first-order valence-corrected chi connectivity index (χ1v) is 8.26. The summed E-state index contributed by atoms with van der Waals surface area (Å²) < 4.78 is 21.2. The number of anilines is 1. The van der Waals surface area contributed by atoms with Crippen LogP contribution in [0.15, 0.2) is 36.9 Å². The molecule has 0 unspecified atom stereocenters. The van der Waals surface area contributed by atoms with E-state index in [0.717, 1.165) is 0 Å². The molecule has 1 N–H and O–H groups in total. The monoisotopic (exact) mass is 356 g/mol. The van der Waals surface area contributed by atoms with Gasteiger partial charge >= 0.3 is 0 Å². The third-order valence-electron chi connectivity index (χ3n) is 4.18. The minimum absolute atomic E-state index is 0.0512. The van der Waals surface area contributed by atoms with Crippen molar-refractivity contribution >= 4 is 17.4 Å². The molecule has 3 aromatic rings. The van der Waals surface area contributed by atoms with E-state index in [2.05, 4.69) is 20.3 Å². The number of halogens is 1. The maximum Gasteiger partial charge on any atom is 0.242 e. The van der Waals surface area contributed by atoms with Crippen LogP contribution >= 0.6 is 0 Å². The van der Waals surface area contributed by atoms with Gasteiger partial charge in [0, 0.05) is 31.7 Å². The van der Waals surface area contributed by atoms with Gasteiger partial charge in [-0.05, 0) is 12.1 Å². The Morgan fingerprint density at radius 3 is 2.92 bits per heavy atom. The van der Waals surface area contributed by atoms with Crippen molar-refractivity contribution in [1.82, 2.24) is 24.3 Å². The quantitative estimate of drug-likeness (QED) is 0.756. The topological polar surface area (TPSA) is 84.7 Å². The molecule has 1 aliphatic rings. The predicted octanol–water partition coefficient (Wildman–Crippen LogP) is 1.20. The molecule has 134 valence electrons. The van der Waals surface area contributed by atoms with Gasteiger partial charge in [0.05, 0.1) is 26.0 Å². The zero-order chi connectivity index (χ0) is 17.9. The average molecular weight is 356 g/mol. The van der Waals surface area contributed by atoms with Gasteiger partial charge in [0.2, 0.25) is 5.91 Å². The molecule has 0 bridgehead atoms. The first-order chi connectivity index (χ1) is 12.7. The van der Waals surface area contributed by atoms with E-state index in [-0.39, 0.29) is 18.1 Å². The van der Waals surface area contributed by atoms with Crippen LogP contribution in [0.5, 0.6) is 0 Å². The average Bonchev–Trinajstić information content (AvgIpc) is 3.05. The summed E-state index contributed by atoms with van der Waals surface area (Å²) in [4.78, 5) is 26.7. The Bertz CT molecular complexity index is 938. The van der Waals surface area contributed by atoms with E-state index in [4.69, 9.17) is 4.74 Å². The Labute approximate surface area is 148 Å². The molecule has 0 aliphatic carbocycles. The summed E-state index contributed by atoms with van der Waals surface area (Å²) in [6.45, 7) is 2.28. The van der Waals surface area contributed by atoms with Crippen LogP contribution in [0.2, 0.25) is 0 Å². The number of fused-ring (bicyclic) bond motifs is 1. The van der Waals surface area contributed by atoms with E-state index in [1.54, 1.807) is 27.9 Å². The lowest BCUT2D eigenvalue weighted by atomic mass is 10.2. The molecule has 4 rings (SSSR count). The fourth-order valence-electron chi connectivity index (χ4n) is 2.88. The van der Waals surface area contributed by atoms with Crippen LogP contribution in [-0.4, -0.2) is 63.0 Å². The minimum atomic E-state index is -0.480. The molecule has 1 amide bonds. The number of rotatable bonds is 4. The first-order valence-electron chi connectivity index (χ1n) is 8.26. The predicted molar refractivity (Wildman–Crippen MR) is 92.1 cm³/mol. The Kier molecular flexibility index (Phi) is 4.44. The number of hydrogen-bond donors (Lipinski definition) is 1. The van der Waals surface area contributed by atoms with Crippen molar-refractivity contribution < 1.29 is 13.9 Å². The van der Waals surface area contributed by atoms with Crippen LogP contribution in [-0.2, 0) is 9.53 Å². The van der Waals surface area contributed by atoms with Gasteiger partial charge in [-0.2, -0.15) is 0 Å². The van der Waals surface area contributed by atoms with Crippen LogP contribution in [0, 0.1) is 5.82 Å². The molecule has 0 radical (unpaired) electrons. The molecule has 1 aliphatic heterocycles. The number of carbonyl (C=O) groups excluding carboxylic acids is 1. The fourth-order valence-corrected chi connectivity index (χ4v) is 2.88. The minimum Gasteiger partial charge on any atom is -0.378 e. The van der Waals surface area contributed by atoms with E-state index in [0.29, 0.717) is 43.5 Å². The third kappa shape index (κ3) is 3.08. The van der Waals surface area contributed by atoms with Crippen molar-refractivity contribution in [3.63, 3.8) is 0 Å². The number of hydrogen-bond acceptors (Lipinski definition) is 6. The Morgan fingerprint density at radius 2 is 2.12 bits per heavy atom. The highest BCUT2D eigenvalue weighted by Gasteiger charge is 2.21. The molecule has 3 aromatic heterocycles. The van der Waals surface area contributed by atoms with Crippen molar-refractivity contribution in [3.8, 4) is 11.4 Å². The summed E-state index contributed by atoms with van der Waals surface area (Å²) in [7, 11) is 0. The van der Waals surface area contributed by atoms with Crippen molar-refractivity contribution in [2.45, 2.75) is 0 Å². The summed E-state index contributed by atoms with van der Waals surface area (Å²) in [5.74, 6) is -0.0298. The van der Waals surface area contributed by atoms with Crippen LogP contribution in [0.1, 0.15) is 0 Å². The Hall–Kier alpha value is -3.07. The molecule has 9 heteroatoms. The number of amides is 1. The lowest BCUT2D eigenvalue weighted by Gasteiger charge is -2.27. The van der Waals surface area contributed by atoms with Gasteiger partial charge in [0.15, 0.2) is 11.5 Å². The van der Waals surface area contributed by atoms with Gasteiger partial charge in [-0.1, -0.05) is 0 Å². The highest BCUT2D eigenvalue weighted by atomic mass is 19.1. The Balaban J connectivity index is 1.66.